The van der Waals surface area contributed by atoms with E-state index in [4.69, 9.17) is 38.6 Å². The summed E-state index contributed by atoms with van der Waals surface area (Å²) < 4.78 is 33.7. The standard InChI is InChI=1S/C18H19ClN4O4S2.ClH.N2/c19-17(24)12(4-3-9-22-18(20)21)23-29(25,26)11-7-8-14-16(10-11)28-15-6-2-1-5-13(15)27-14;;1-2/h1-2,5-8,10,12,23H,3-4,9H2,(H4,20,21,22);1H;/t12-;;/m0../s1. The lowest BCUT2D eigenvalue weighted by molar-refractivity contribution is -0.113. The average molecular weight is 519 g/mol. The third-order valence-electron chi connectivity index (χ3n) is 4.03. The summed E-state index contributed by atoms with van der Waals surface area (Å²) in [5.41, 5.74) is 10.5. The predicted octanol–water partition coefficient (Wildman–Crippen LogP) is 2.86. The van der Waals surface area contributed by atoms with Crippen molar-refractivity contribution in [1.82, 2.24) is 4.72 Å². The minimum Gasteiger partial charge on any atom is -0.455 e. The Balaban J connectivity index is 0.00000166. The molecule has 0 radical (unpaired) electrons. The van der Waals surface area contributed by atoms with E-state index in [-0.39, 0.29) is 36.2 Å². The van der Waals surface area contributed by atoms with Crippen molar-refractivity contribution in [3.05, 3.63) is 42.5 Å². The molecule has 2 aromatic rings. The van der Waals surface area contributed by atoms with Crippen LogP contribution in [0.1, 0.15) is 12.8 Å². The molecule has 1 heterocycles. The first-order valence-corrected chi connectivity index (χ1v) is 11.5. The van der Waals surface area contributed by atoms with Gasteiger partial charge in [-0.25, -0.2) is 8.42 Å². The molecule has 3 rings (SSSR count). The fourth-order valence-electron chi connectivity index (χ4n) is 2.65. The summed E-state index contributed by atoms with van der Waals surface area (Å²) in [6.45, 7) is 0.261. The molecule has 0 bridgehead atoms. The van der Waals surface area contributed by atoms with Crippen LogP contribution in [0.15, 0.2) is 62.1 Å². The highest BCUT2D eigenvalue weighted by atomic mass is 35.5. The van der Waals surface area contributed by atoms with Crippen LogP contribution in [0.3, 0.4) is 0 Å². The molecule has 10 nitrogen and oxygen atoms in total. The number of para-hydroxylation sites is 1. The van der Waals surface area contributed by atoms with Gasteiger partial charge in [-0.1, -0.05) is 23.9 Å². The average Bonchev–Trinajstić information content (AvgIpc) is 2.75. The summed E-state index contributed by atoms with van der Waals surface area (Å²) in [6, 6.07) is 10.9. The van der Waals surface area contributed by atoms with Crippen molar-refractivity contribution in [2.45, 2.75) is 33.6 Å². The summed E-state index contributed by atoms with van der Waals surface area (Å²) in [5, 5.41) is 11.2. The van der Waals surface area contributed by atoms with E-state index in [1.54, 1.807) is 6.07 Å². The largest absolute Gasteiger partial charge is 0.455 e. The molecule has 32 heavy (non-hydrogen) atoms. The van der Waals surface area contributed by atoms with E-state index in [0.29, 0.717) is 22.8 Å². The number of carbonyl (C=O) groups excluding carboxylic acids is 1. The smallest absolute Gasteiger partial charge is 0.241 e. The number of halogens is 2. The maximum absolute atomic E-state index is 12.8. The van der Waals surface area contributed by atoms with Crippen LogP contribution in [0.5, 0.6) is 11.5 Å². The summed E-state index contributed by atoms with van der Waals surface area (Å²) >= 11 is 6.98. The van der Waals surface area contributed by atoms with Crippen LogP contribution in [-0.4, -0.2) is 32.2 Å². The SMILES string of the molecule is Cl.N#N.NC(N)=NCCC[C@H](NS(=O)(=O)c1ccc2c(c1)Sc1ccccc1O2)C(=O)Cl. The van der Waals surface area contributed by atoms with Gasteiger partial charge in [0.2, 0.25) is 15.3 Å². The van der Waals surface area contributed by atoms with E-state index in [1.165, 1.54) is 23.9 Å². The number of hydrogen-bond donors (Lipinski definition) is 3. The van der Waals surface area contributed by atoms with Gasteiger partial charge >= 0.3 is 0 Å². The zero-order chi connectivity index (χ0) is 23.0. The second kappa shape index (κ2) is 12.5. The molecule has 0 amide bonds. The molecule has 0 saturated carbocycles. The fourth-order valence-corrected chi connectivity index (χ4v) is 5.20. The third-order valence-corrected chi connectivity index (χ3v) is 6.86. The molecule has 1 aliphatic heterocycles. The van der Waals surface area contributed by atoms with E-state index < -0.39 is 21.3 Å². The first-order chi connectivity index (χ1) is 14.8. The van der Waals surface area contributed by atoms with E-state index in [0.717, 1.165) is 4.90 Å². The Bertz CT molecular complexity index is 1110. The minimum atomic E-state index is -3.98. The number of nitrogens with two attached hydrogens (primary N) is 2. The number of ether oxygens (including phenoxy) is 1. The van der Waals surface area contributed by atoms with E-state index >= 15 is 0 Å². The van der Waals surface area contributed by atoms with E-state index in [2.05, 4.69) is 9.71 Å². The molecule has 1 aliphatic rings. The number of nitrogens with zero attached hydrogens (tertiary/aromatic N) is 3. The number of guanidine groups is 1. The maximum atomic E-state index is 12.8. The Kier molecular flexibility index (Phi) is 10.7. The van der Waals surface area contributed by atoms with Gasteiger partial charge in [0.1, 0.15) is 11.5 Å². The van der Waals surface area contributed by atoms with Crippen molar-refractivity contribution in [2.24, 2.45) is 16.5 Å². The predicted molar refractivity (Wildman–Crippen MR) is 123 cm³/mol. The van der Waals surface area contributed by atoms with Crippen molar-refractivity contribution < 1.29 is 17.9 Å². The number of nitrogens with one attached hydrogen (secondary N) is 1. The maximum Gasteiger partial charge on any atom is 0.241 e. The summed E-state index contributed by atoms with van der Waals surface area (Å²) in [4.78, 5) is 17.0. The van der Waals surface area contributed by atoms with Gasteiger partial charge in [-0.15, -0.1) is 12.4 Å². The summed E-state index contributed by atoms with van der Waals surface area (Å²) in [6.07, 6.45) is 0.544. The number of hydrogen-bond acceptors (Lipinski definition) is 8. The van der Waals surface area contributed by atoms with Gasteiger partial charge in [-0.2, -0.15) is 4.72 Å². The lowest BCUT2D eigenvalue weighted by Crippen LogP contribution is -2.39. The van der Waals surface area contributed by atoms with E-state index in [9.17, 15) is 13.2 Å². The Hall–Kier alpha value is -2.56. The molecule has 0 unspecified atom stereocenters. The van der Waals surface area contributed by atoms with Gasteiger partial charge in [0.15, 0.2) is 5.96 Å². The monoisotopic (exact) mass is 518 g/mol. The van der Waals surface area contributed by atoms with Crippen LogP contribution in [0.4, 0.5) is 0 Å². The molecule has 0 fully saturated rings. The topological polar surface area (TPSA) is 184 Å². The normalized spacial score (nSPS) is 12.3. The second-order valence-electron chi connectivity index (χ2n) is 6.19. The quantitative estimate of drug-likeness (QED) is 0.132. The highest BCUT2D eigenvalue weighted by molar-refractivity contribution is 7.99. The number of rotatable bonds is 8. The van der Waals surface area contributed by atoms with Crippen LogP contribution in [0.25, 0.3) is 0 Å². The molecule has 1 atom stereocenters. The molecule has 14 heteroatoms. The summed E-state index contributed by atoms with van der Waals surface area (Å²) in [5.74, 6) is 1.21. The number of carbonyl (C=O) groups is 1. The van der Waals surface area contributed by atoms with Gasteiger partial charge in [0.25, 0.3) is 0 Å². The van der Waals surface area contributed by atoms with E-state index in [1.807, 2.05) is 24.3 Å². The second-order valence-corrected chi connectivity index (χ2v) is 9.36. The molecule has 0 spiro atoms. The van der Waals surface area contributed by atoms with Gasteiger partial charge in [0, 0.05) is 17.3 Å². The fraction of sp³-hybridized carbons (Fsp3) is 0.222. The zero-order valence-corrected chi connectivity index (χ0v) is 19.7. The van der Waals surface area contributed by atoms with Crippen LogP contribution in [0.2, 0.25) is 0 Å². The van der Waals surface area contributed by atoms with Gasteiger partial charge in [0.05, 0.1) is 20.7 Å². The first-order valence-electron chi connectivity index (χ1n) is 8.82. The Morgan fingerprint density at radius 1 is 1.16 bits per heavy atom. The molecule has 5 N–H and O–H groups in total. The molecule has 0 aliphatic carbocycles. The first kappa shape index (κ1) is 27.5. The molecule has 172 valence electrons. The van der Waals surface area contributed by atoms with Crippen molar-refractivity contribution in [3.8, 4) is 11.5 Å². The van der Waals surface area contributed by atoms with Gasteiger partial charge < -0.3 is 16.2 Å². The molecular weight excluding hydrogens is 499 g/mol. The highest BCUT2D eigenvalue weighted by Crippen LogP contribution is 2.47. The van der Waals surface area contributed by atoms with Crippen molar-refractivity contribution in [1.29, 1.82) is 10.8 Å². The van der Waals surface area contributed by atoms with Crippen LogP contribution in [-0.2, 0) is 14.8 Å². The summed E-state index contributed by atoms with van der Waals surface area (Å²) in [7, 11) is -3.98. The van der Waals surface area contributed by atoms with Gasteiger partial charge in [-0.05, 0) is 54.8 Å². The molecule has 0 aromatic heterocycles. The number of fused-ring (bicyclic) bond motifs is 2. The lowest BCUT2D eigenvalue weighted by Gasteiger charge is -2.20. The molecular formula is C18H20Cl2N6O4S2. The lowest BCUT2D eigenvalue weighted by atomic mass is 10.2. The minimum absolute atomic E-state index is 0. The number of sulfonamides is 1. The van der Waals surface area contributed by atoms with Crippen LogP contribution < -0.4 is 20.9 Å². The number of benzene rings is 2. The van der Waals surface area contributed by atoms with Crippen molar-refractivity contribution in [3.63, 3.8) is 0 Å². The van der Waals surface area contributed by atoms with Crippen molar-refractivity contribution in [2.75, 3.05) is 6.54 Å². The van der Waals surface area contributed by atoms with Gasteiger partial charge in [-0.3, -0.25) is 9.79 Å². The Morgan fingerprint density at radius 3 is 2.47 bits per heavy atom. The Labute approximate surface area is 200 Å². The van der Waals surface area contributed by atoms with Crippen molar-refractivity contribution >= 4 is 57.0 Å². The Morgan fingerprint density at radius 2 is 1.81 bits per heavy atom. The molecule has 2 aromatic carbocycles. The third kappa shape index (κ3) is 7.25. The zero-order valence-electron chi connectivity index (χ0n) is 16.5. The van der Waals surface area contributed by atoms with Crippen LogP contribution in [0, 0.1) is 10.8 Å². The highest BCUT2D eigenvalue weighted by Gasteiger charge is 2.26. The van der Waals surface area contributed by atoms with Crippen LogP contribution >= 0.6 is 35.8 Å². The number of aliphatic imine (C=N–C) groups is 1. The molecule has 0 saturated heterocycles.